The molecule has 1 unspecified atom stereocenters. The Morgan fingerprint density at radius 3 is 2.09 bits per heavy atom. The Morgan fingerprint density at radius 2 is 1.52 bits per heavy atom. The second-order valence-electron chi connectivity index (χ2n) is 17.4. The molecule has 8 rings (SSSR count). The summed E-state index contributed by atoms with van der Waals surface area (Å²) in [7, 11) is 0. The molecule has 0 aromatic heterocycles. The van der Waals surface area contributed by atoms with Crippen molar-refractivity contribution in [1.29, 1.82) is 5.26 Å². The Labute approximate surface area is 327 Å². The highest BCUT2D eigenvalue weighted by Crippen LogP contribution is 2.55. The lowest BCUT2D eigenvalue weighted by molar-refractivity contribution is -0.164. The highest BCUT2D eigenvalue weighted by Gasteiger charge is 2.64. The van der Waals surface area contributed by atoms with Gasteiger partial charge in [-0.2, -0.15) is 5.26 Å². The average molecular weight is 757 g/mol. The topological polar surface area (TPSA) is 152 Å². The molecule has 3 heterocycles. The first-order valence-corrected chi connectivity index (χ1v) is 19.6. The summed E-state index contributed by atoms with van der Waals surface area (Å²) in [6.07, 6.45) is 1.76. The standard InChI is InChI=1S/C44H48N6O6/c1-25-18-32(11-8-28(25)23-45)56-42-43(2,3)41(44(42,4)5)47-37(52)27-6-9-31(10-7-27)49-16-14-48(15-17-49)24-26-19-29-21-33-34(22-30(29)20-26)40(55)50(39(33)54)35-12-13-36(51)46-38(35)53/h6-11,18,21-22,26,35,41-42H,12-17,19-20,24H2,1-5H3,(H,47,52)(H,46,51,53)/t35?,41-,42-. The second kappa shape index (κ2) is 13.9. The summed E-state index contributed by atoms with van der Waals surface area (Å²) < 4.78 is 6.46. The van der Waals surface area contributed by atoms with Crippen LogP contribution in [0.1, 0.15) is 93.9 Å². The number of piperazine rings is 1. The number of nitrogens with zero attached hydrogens (tertiary/aromatic N) is 4. The van der Waals surface area contributed by atoms with Gasteiger partial charge in [0, 0.05) is 67.3 Å². The molecule has 12 nitrogen and oxygen atoms in total. The van der Waals surface area contributed by atoms with E-state index in [0.29, 0.717) is 28.2 Å². The number of anilines is 1. The van der Waals surface area contributed by atoms with Gasteiger partial charge >= 0.3 is 0 Å². The molecule has 2 saturated heterocycles. The third-order valence-electron chi connectivity index (χ3n) is 12.8. The largest absolute Gasteiger partial charge is 0.489 e. The second-order valence-corrected chi connectivity index (χ2v) is 17.4. The van der Waals surface area contributed by atoms with Gasteiger partial charge in [-0.05, 0) is 103 Å². The van der Waals surface area contributed by atoms with Crippen LogP contribution in [0.4, 0.5) is 5.69 Å². The number of imide groups is 2. The zero-order valence-corrected chi connectivity index (χ0v) is 32.6. The summed E-state index contributed by atoms with van der Waals surface area (Å²) in [5.41, 5.74) is 5.43. The molecule has 3 aromatic carbocycles. The van der Waals surface area contributed by atoms with Crippen LogP contribution in [0.5, 0.6) is 5.75 Å². The third kappa shape index (κ3) is 6.41. The maximum atomic E-state index is 13.5. The number of hydrogen-bond acceptors (Lipinski definition) is 9. The summed E-state index contributed by atoms with van der Waals surface area (Å²) in [5, 5.41) is 14.8. The molecule has 3 aliphatic heterocycles. The molecule has 1 atom stereocenters. The molecule has 12 heteroatoms. The number of carbonyl (C=O) groups excluding carboxylic acids is 5. The highest BCUT2D eigenvalue weighted by molar-refractivity contribution is 6.23. The summed E-state index contributed by atoms with van der Waals surface area (Å²) in [6, 6.07) is 18.2. The van der Waals surface area contributed by atoms with E-state index in [1.165, 1.54) is 0 Å². The van der Waals surface area contributed by atoms with E-state index in [2.05, 4.69) is 54.2 Å². The summed E-state index contributed by atoms with van der Waals surface area (Å²) in [4.78, 5) is 70.1. The van der Waals surface area contributed by atoms with Crippen molar-refractivity contribution in [1.82, 2.24) is 20.4 Å². The average Bonchev–Trinajstić information content (AvgIpc) is 3.67. The molecule has 290 valence electrons. The van der Waals surface area contributed by atoms with E-state index >= 15 is 0 Å². The van der Waals surface area contributed by atoms with Gasteiger partial charge < -0.3 is 15.0 Å². The number of fused-ring (bicyclic) bond motifs is 2. The normalized spacial score (nSPS) is 24.2. The number of hydrogen-bond donors (Lipinski definition) is 2. The molecule has 3 fully saturated rings. The smallest absolute Gasteiger partial charge is 0.262 e. The van der Waals surface area contributed by atoms with Crippen molar-refractivity contribution in [2.75, 3.05) is 37.6 Å². The van der Waals surface area contributed by atoms with Gasteiger partial charge in [-0.15, -0.1) is 0 Å². The van der Waals surface area contributed by atoms with E-state index in [1.54, 1.807) is 6.07 Å². The van der Waals surface area contributed by atoms with Crippen LogP contribution in [0.3, 0.4) is 0 Å². The van der Waals surface area contributed by atoms with Crippen molar-refractivity contribution in [3.05, 3.63) is 93.5 Å². The highest BCUT2D eigenvalue weighted by atomic mass is 16.5. The Hall–Kier alpha value is -5.54. The van der Waals surface area contributed by atoms with Crippen molar-refractivity contribution in [3.63, 3.8) is 0 Å². The third-order valence-corrected chi connectivity index (χ3v) is 12.8. The van der Waals surface area contributed by atoms with Gasteiger partial charge in [-0.3, -0.25) is 39.1 Å². The lowest BCUT2D eigenvalue weighted by Crippen LogP contribution is -2.74. The lowest BCUT2D eigenvalue weighted by atomic mass is 9.49. The van der Waals surface area contributed by atoms with Gasteiger partial charge in [0.25, 0.3) is 17.7 Å². The molecule has 1 saturated carbocycles. The predicted molar refractivity (Wildman–Crippen MR) is 208 cm³/mol. The van der Waals surface area contributed by atoms with E-state index < -0.39 is 23.8 Å². The van der Waals surface area contributed by atoms with Crippen molar-refractivity contribution >= 4 is 35.2 Å². The number of piperidine rings is 1. The van der Waals surface area contributed by atoms with Crippen LogP contribution >= 0.6 is 0 Å². The molecular formula is C44H48N6O6. The van der Waals surface area contributed by atoms with Crippen molar-refractivity contribution in [3.8, 4) is 11.8 Å². The number of ether oxygens (including phenoxy) is 1. The first-order chi connectivity index (χ1) is 26.6. The number of amides is 5. The van der Waals surface area contributed by atoms with Crippen LogP contribution in [-0.4, -0.2) is 90.2 Å². The predicted octanol–water partition coefficient (Wildman–Crippen LogP) is 4.42. The quantitative estimate of drug-likeness (QED) is 0.319. The molecule has 3 aromatic rings. The summed E-state index contributed by atoms with van der Waals surface area (Å²) >= 11 is 0. The van der Waals surface area contributed by atoms with Gasteiger partial charge in [0.05, 0.1) is 22.8 Å². The summed E-state index contributed by atoms with van der Waals surface area (Å²) in [6.45, 7) is 14.8. The fourth-order valence-corrected chi connectivity index (χ4v) is 10.2. The molecular weight excluding hydrogens is 709 g/mol. The Morgan fingerprint density at radius 1 is 0.893 bits per heavy atom. The maximum absolute atomic E-state index is 13.5. The Bertz CT molecular complexity index is 2140. The minimum atomic E-state index is -0.960. The van der Waals surface area contributed by atoms with E-state index in [4.69, 9.17) is 4.74 Å². The van der Waals surface area contributed by atoms with Gasteiger partial charge in [-0.25, -0.2) is 0 Å². The molecule has 56 heavy (non-hydrogen) atoms. The van der Waals surface area contributed by atoms with Crippen LogP contribution in [-0.2, 0) is 22.4 Å². The van der Waals surface area contributed by atoms with Crippen LogP contribution in [0.25, 0.3) is 0 Å². The van der Waals surface area contributed by atoms with Gasteiger partial charge in [0.15, 0.2) is 0 Å². The van der Waals surface area contributed by atoms with E-state index in [0.717, 1.165) is 78.6 Å². The minimum absolute atomic E-state index is 0.0982. The van der Waals surface area contributed by atoms with Crippen molar-refractivity contribution in [2.24, 2.45) is 16.7 Å². The number of rotatable bonds is 8. The molecule has 2 aliphatic carbocycles. The van der Waals surface area contributed by atoms with Gasteiger partial charge in [0.1, 0.15) is 17.9 Å². The van der Waals surface area contributed by atoms with Crippen LogP contribution < -0.4 is 20.3 Å². The van der Waals surface area contributed by atoms with E-state index in [-0.39, 0.29) is 47.6 Å². The fourth-order valence-electron chi connectivity index (χ4n) is 10.2. The molecule has 2 N–H and O–H groups in total. The van der Waals surface area contributed by atoms with Crippen molar-refractivity contribution in [2.45, 2.75) is 78.5 Å². The molecule has 0 radical (unpaired) electrons. The van der Waals surface area contributed by atoms with E-state index in [9.17, 15) is 29.2 Å². The van der Waals surface area contributed by atoms with Gasteiger partial charge in [-0.1, -0.05) is 27.7 Å². The zero-order valence-electron chi connectivity index (χ0n) is 32.6. The number of benzene rings is 3. The number of carbonyl (C=O) groups is 5. The zero-order chi connectivity index (χ0) is 39.7. The van der Waals surface area contributed by atoms with Crippen LogP contribution in [0.15, 0.2) is 54.6 Å². The first-order valence-electron chi connectivity index (χ1n) is 19.6. The number of aryl methyl sites for hydroxylation is 1. The number of nitriles is 1. The Balaban J connectivity index is 0.822. The van der Waals surface area contributed by atoms with E-state index in [1.807, 2.05) is 55.5 Å². The molecule has 0 spiro atoms. The maximum Gasteiger partial charge on any atom is 0.262 e. The van der Waals surface area contributed by atoms with Gasteiger partial charge in [0.2, 0.25) is 11.8 Å². The molecule has 0 bridgehead atoms. The van der Waals surface area contributed by atoms with Crippen molar-refractivity contribution < 1.29 is 28.7 Å². The lowest BCUT2D eigenvalue weighted by Gasteiger charge is -2.63. The number of nitrogens with one attached hydrogen (secondary N) is 2. The SMILES string of the molecule is Cc1cc(O[C@H]2C(C)(C)[C@H](NC(=O)c3ccc(N4CCN(CC5Cc6cc7c(cc6C5)C(=O)N(C5CCC(=O)NC5=O)C7=O)CC4)cc3)C2(C)C)ccc1C#N. The summed E-state index contributed by atoms with van der Waals surface area (Å²) in [5.74, 6) is -0.916. The van der Waals surface area contributed by atoms with Crippen LogP contribution in [0, 0.1) is 35.0 Å². The molecule has 5 amide bonds. The monoisotopic (exact) mass is 756 g/mol. The Kier molecular flexibility index (Phi) is 9.27. The minimum Gasteiger partial charge on any atom is -0.489 e. The molecule has 5 aliphatic rings. The first kappa shape index (κ1) is 37.4. The fraction of sp³-hybridized carbons (Fsp3) is 0.455. The van der Waals surface area contributed by atoms with Crippen LogP contribution in [0.2, 0.25) is 0 Å².